The largest absolute Gasteiger partial charge is 0.370 e. The third kappa shape index (κ3) is 6.36. The first kappa shape index (κ1) is 14.1. The maximum atomic E-state index is 4.39. The number of rotatable bonds is 9. The molecule has 1 aromatic rings. The Morgan fingerprint density at radius 3 is 2.88 bits per heavy atom. The summed E-state index contributed by atoms with van der Waals surface area (Å²) in [6.07, 6.45) is 7.44. The summed E-state index contributed by atoms with van der Waals surface area (Å²) >= 11 is 1.90. The number of hydrogen-bond acceptors (Lipinski definition) is 5. The first-order valence-electron chi connectivity index (χ1n) is 6.16. The van der Waals surface area contributed by atoms with Crippen LogP contribution < -0.4 is 10.6 Å². The highest BCUT2D eigenvalue weighted by molar-refractivity contribution is 7.98. The third-order valence-corrected chi connectivity index (χ3v) is 2.97. The predicted molar refractivity (Wildman–Crippen MR) is 76.9 cm³/mol. The number of hydrogen-bond donors (Lipinski definition) is 2. The molecule has 0 bridgehead atoms. The number of anilines is 2. The minimum atomic E-state index is 0.709. The van der Waals surface area contributed by atoms with Gasteiger partial charge in [-0.1, -0.05) is 6.92 Å². The van der Waals surface area contributed by atoms with E-state index in [1.54, 1.807) is 6.20 Å². The van der Waals surface area contributed by atoms with Crippen LogP contribution in [0.4, 0.5) is 11.8 Å². The molecule has 1 aromatic heterocycles. The highest BCUT2D eigenvalue weighted by atomic mass is 32.2. The molecule has 96 valence electrons. The Morgan fingerprint density at radius 2 is 2.12 bits per heavy atom. The van der Waals surface area contributed by atoms with Gasteiger partial charge in [-0.05, 0) is 37.3 Å². The van der Waals surface area contributed by atoms with E-state index in [4.69, 9.17) is 0 Å². The lowest BCUT2D eigenvalue weighted by Crippen LogP contribution is -2.08. The van der Waals surface area contributed by atoms with Crippen molar-refractivity contribution < 1.29 is 0 Å². The first-order chi connectivity index (χ1) is 8.36. The Kier molecular flexibility index (Phi) is 7.54. The Balaban J connectivity index is 2.27. The summed E-state index contributed by atoms with van der Waals surface area (Å²) < 4.78 is 0. The van der Waals surface area contributed by atoms with Crippen LogP contribution in [0.25, 0.3) is 0 Å². The molecule has 0 spiro atoms. The van der Waals surface area contributed by atoms with Gasteiger partial charge < -0.3 is 10.6 Å². The maximum absolute atomic E-state index is 4.39. The summed E-state index contributed by atoms with van der Waals surface area (Å²) in [5.41, 5.74) is 0. The Morgan fingerprint density at radius 1 is 1.24 bits per heavy atom. The molecule has 4 nitrogen and oxygen atoms in total. The summed E-state index contributed by atoms with van der Waals surface area (Å²) in [6, 6.07) is 1.91. The van der Waals surface area contributed by atoms with Crippen molar-refractivity contribution >= 4 is 23.5 Å². The first-order valence-corrected chi connectivity index (χ1v) is 7.56. The molecule has 0 aliphatic carbocycles. The topological polar surface area (TPSA) is 49.8 Å². The van der Waals surface area contributed by atoms with E-state index in [2.05, 4.69) is 33.8 Å². The van der Waals surface area contributed by atoms with E-state index in [9.17, 15) is 0 Å². The fraction of sp³-hybridized carbons (Fsp3) is 0.667. The van der Waals surface area contributed by atoms with Crippen LogP contribution in [-0.2, 0) is 0 Å². The number of nitrogens with one attached hydrogen (secondary N) is 2. The summed E-state index contributed by atoms with van der Waals surface area (Å²) in [5, 5.41) is 6.50. The fourth-order valence-electron chi connectivity index (χ4n) is 1.37. The molecule has 0 atom stereocenters. The summed E-state index contributed by atoms with van der Waals surface area (Å²) in [5.74, 6) is 2.85. The van der Waals surface area contributed by atoms with Gasteiger partial charge in [0.1, 0.15) is 5.82 Å². The lowest BCUT2D eigenvalue weighted by atomic mass is 10.3. The number of unbranched alkanes of at least 4 members (excludes halogenated alkanes) is 1. The van der Waals surface area contributed by atoms with Gasteiger partial charge in [-0.3, -0.25) is 0 Å². The summed E-state index contributed by atoms with van der Waals surface area (Å²) in [6.45, 7) is 4.02. The zero-order valence-electron chi connectivity index (χ0n) is 10.7. The zero-order chi connectivity index (χ0) is 12.3. The Hall–Kier alpha value is -0.970. The second-order valence-corrected chi connectivity index (χ2v) is 4.80. The Bertz CT molecular complexity index is 306. The maximum Gasteiger partial charge on any atom is 0.224 e. The SMILES string of the molecule is CCCNc1nccc(NCCCCSC)n1. The van der Waals surface area contributed by atoms with Crippen molar-refractivity contribution in [3.05, 3.63) is 12.3 Å². The lowest BCUT2D eigenvalue weighted by Gasteiger charge is -2.07. The molecule has 1 heterocycles. The minimum absolute atomic E-state index is 0.709. The van der Waals surface area contributed by atoms with Gasteiger partial charge in [-0.25, -0.2) is 4.98 Å². The third-order valence-electron chi connectivity index (χ3n) is 2.27. The highest BCUT2D eigenvalue weighted by Gasteiger charge is 1.97. The van der Waals surface area contributed by atoms with Gasteiger partial charge in [-0.2, -0.15) is 16.7 Å². The molecule has 0 aliphatic rings. The number of nitrogens with zero attached hydrogens (tertiary/aromatic N) is 2. The Labute approximate surface area is 108 Å². The van der Waals surface area contributed by atoms with Gasteiger partial charge in [0, 0.05) is 19.3 Å². The van der Waals surface area contributed by atoms with Crippen LogP contribution in [0.1, 0.15) is 26.2 Å². The van der Waals surface area contributed by atoms with Crippen LogP contribution in [0.3, 0.4) is 0 Å². The molecule has 0 fully saturated rings. The molecule has 0 radical (unpaired) electrons. The average Bonchev–Trinajstić information content (AvgIpc) is 2.37. The van der Waals surface area contributed by atoms with Gasteiger partial charge in [0.15, 0.2) is 0 Å². The zero-order valence-corrected chi connectivity index (χ0v) is 11.5. The number of thioether (sulfide) groups is 1. The van der Waals surface area contributed by atoms with Crippen molar-refractivity contribution in [2.24, 2.45) is 0 Å². The number of aromatic nitrogens is 2. The van der Waals surface area contributed by atoms with Gasteiger partial charge >= 0.3 is 0 Å². The van der Waals surface area contributed by atoms with Crippen molar-refractivity contribution in [3.63, 3.8) is 0 Å². The average molecular weight is 254 g/mol. The lowest BCUT2D eigenvalue weighted by molar-refractivity contribution is 0.838. The van der Waals surface area contributed by atoms with Crippen LogP contribution >= 0.6 is 11.8 Å². The van der Waals surface area contributed by atoms with Crippen molar-refractivity contribution in [1.82, 2.24) is 9.97 Å². The molecule has 0 saturated carbocycles. The van der Waals surface area contributed by atoms with E-state index in [1.807, 2.05) is 17.8 Å². The van der Waals surface area contributed by atoms with E-state index in [1.165, 1.54) is 18.6 Å². The van der Waals surface area contributed by atoms with Crippen molar-refractivity contribution in [1.29, 1.82) is 0 Å². The van der Waals surface area contributed by atoms with E-state index >= 15 is 0 Å². The van der Waals surface area contributed by atoms with Crippen molar-refractivity contribution in [2.75, 3.05) is 35.7 Å². The normalized spacial score (nSPS) is 10.2. The molecule has 0 amide bonds. The fourth-order valence-corrected chi connectivity index (χ4v) is 1.86. The summed E-state index contributed by atoms with van der Waals surface area (Å²) in [7, 11) is 0. The molecule has 0 aromatic carbocycles. The van der Waals surface area contributed by atoms with Crippen LogP contribution in [0.5, 0.6) is 0 Å². The van der Waals surface area contributed by atoms with E-state index in [0.717, 1.165) is 25.3 Å². The molecule has 0 aliphatic heterocycles. The van der Waals surface area contributed by atoms with Crippen LogP contribution in [-0.4, -0.2) is 35.1 Å². The van der Waals surface area contributed by atoms with Crippen LogP contribution in [0, 0.1) is 0 Å². The minimum Gasteiger partial charge on any atom is -0.370 e. The van der Waals surface area contributed by atoms with Crippen LogP contribution in [0.2, 0.25) is 0 Å². The van der Waals surface area contributed by atoms with E-state index in [-0.39, 0.29) is 0 Å². The smallest absolute Gasteiger partial charge is 0.224 e. The molecule has 1 rings (SSSR count). The standard InChI is InChI=1S/C12H22N4S/c1-3-7-14-12-15-9-6-11(16-12)13-8-4-5-10-17-2/h6,9H,3-5,7-8,10H2,1-2H3,(H2,13,14,15,16). The quantitative estimate of drug-likeness (QED) is 0.664. The molecular formula is C12H22N4S. The van der Waals surface area contributed by atoms with Crippen molar-refractivity contribution in [3.8, 4) is 0 Å². The molecule has 0 unspecified atom stereocenters. The van der Waals surface area contributed by atoms with Crippen LogP contribution in [0.15, 0.2) is 12.3 Å². The second-order valence-electron chi connectivity index (χ2n) is 3.82. The monoisotopic (exact) mass is 254 g/mol. The second kappa shape index (κ2) is 9.10. The van der Waals surface area contributed by atoms with Gasteiger partial charge in [0.05, 0.1) is 0 Å². The van der Waals surface area contributed by atoms with Gasteiger partial charge in [0.2, 0.25) is 5.95 Å². The molecule has 0 saturated heterocycles. The molecule has 2 N–H and O–H groups in total. The molecule has 17 heavy (non-hydrogen) atoms. The molecule has 5 heteroatoms. The molecular weight excluding hydrogens is 232 g/mol. The van der Waals surface area contributed by atoms with Gasteiger partial charge in [0.25, 0.3) is 0 Å². The summed E-state index contributed by atoms with van der Waals surface area (Å²) in [4.78, 5) is 8.56. The predicted octanol–water partition coefficient (Wildman–Crippen LogP) is 2.85. The van der Waals surface area contributed by atoms with E-state index < -0.39 is 0 Å². The van der Waals surface area contributed by atoms with Crippen molar-refractivity contribution in [2.45, 2.75) is 26.2 Å². The van der Waals surface area contributed by atoms with E-state index in [0.29, 0.717) is 5.95 Å². The highest BCUT2D eigenvalue weighted by Crippen LogP contribution is 2.06. The van der Waals surface area contributed by atoms with Gasteiger partial charge in [-0.15, -0.1) is 0 Å².